The van der Waals surface area contributed by atoms with E-state index in [2.05, 4.69) is 20.8 Å². The predicted octanol–water partition coefficient (Wildman–Crippen LogP) is 0.559. The Morgan fingerprint density at radius 1 is 1.47 bits per heavy atom. The van der Waals surface area contributed by atoms with Crippen LogP contribution in [0, 0.1) is 0 Å². The van der Waals surface area contributed by atoms with Crippen LogP contribution in [0.25, 0.3) is 0 Å². The van der Waals surface area contributed by atoms with Crippen molar-refractivity contribution in [3.63, 3.8) is 0 Å². The largest absolute Gasteiger partial charge is 0.496 e. The highest BCUT2D eigenvalue weighted by molar-refractivity contribution is 5.76. The Hall–Kier alpha value is -2.44. The van der Waals surface area contributed by atoms with Crippen molar-refractivity contribution in [1.29, 1.82) is 0 Å². The molecular formula is C12H15N5O2. The molecule has 1 amide bonds. The van der Waals surface area contributed by atoms with Crippen LogP contribution in [-0.4, -0.2) is 33.2 Å². The average Bonchev–Trinajstić information content (AvgIpc) is 2.91. The van der Waals surface area contributed by atoms with E-state index < -0.39 is 0 Å². The smallest absolute Gasteiger partial charge is 0.242 e. The van der Waals surface area contributed by atoms with Crippen molar-refractivity contribution < 1.29 is 9.53 Å². The summed E-state index contributed by atoms with van der Waals surface area (Å²) in [4.78, 5) is 11.8. The van der Waals surface area contributed by atoms with E-state index in [-0.39, 0.29) is 18.5 Å². The maximum atomic E-state index is 11.8. The number of benzene rings is 1. The Bertz CT molecular complexity index is 541. The fourth-order valence-corrected chi connectivity index (χ4v) is 1.79. The first-order valence-electron chi connectivity index (χ1n) is 5.83. The first-order chi connectivity index (χ1) is 9.20. The molecule has 1 atom stereocenters. The Balaban J connectivity index is 2.00. The van der Waals surface area contributed by atoms with E-state index in [9.17, 15) is 4.79 Å². The zero-order valence-corrected chi connectivity index (χ0v) is 10.8. The summed E-state index contributed by atoms with van der Waals surface area (Å²) >= 11 is 0. The number of aromatic nitrogens is 4. The molecule has 0 saturated heterocycles. The molecule has 0 aliphatic rings. The molecule has 2 rings (SSSR count). The molecule has 0 bridgehead atoms. The van der Waals surface area contributed by atoms with Gasteiger partial charge in [-0.2, -0.15) is 0 Å². The van der Waals surface area contributed by atoms with Crippen LogP contribution in [-0.2, 0) is 11.3 Å². The van der Waals surface area contributed by atoms with Crippen molar-refractivity contribution in [1.82, 2.24) is 25.5 Å². The van der Waals surface area contributed by atoms with Crippen molar-refractivity contribution in [2.45, 2.75) is 19.5 Å². The minimum Gasteiger partial charge on any atom is -0.496 e. The van der Waals surface area contributed by atoms with Gasteiger partial charge in [0.1, 0.15) is 18.6 Å². The number of carbonyl (C=O) groups excluding carboxylic acids is 1. The van der Waals surface area contributed by atoms with Crippen LogP contribution in [0.15, 0.2) is 30.6 Å². The molecule has 100 valence electrons. The molecule has 7 nitrogen and oxygen atoms in total. The number of carbonyl (C=O) groups is 1. The maximum Gasteiger partial charge on any atom is 0.242 e. The number of nitrogens with zero attached hydrogens (tertiary/aromatic N) is 4. The Kier molecular flexibility index (Phi) is 4.07. The first-order valence-corrected chi connectivity index (χ1v) is 5.83. The van der Waals surface area contributed by atoms with Gasteiger partial charge in [-0.25, -0.2) is 4.68 Å². The standard InChI is InChI=1S/C12H15N5O2/c1-9(10-5-3-4-6-11(10)19-2)14-12(18)7-17-8-13-15-16-17/h3-6,8-9H,7H2,1-2H3,(H,14,18). The van der Waals surface area contributed by atoms with Crippen LogP contribution in [0.1, 0.15) is 18.5 Å². The zero-order chi connectivity index (χ0) is 13.7. The number of rotatable bonds is 5. The van der Waals surface area contributed by atoms with Gasteiger partial charge in [-0.15, -0.1) is 5.10 Å². The van der Waals surface area contributed by atoms with Gasteiger partial charge in [0.05, 0.1) is 13.2 Å². The molecule has 1 heterocycles. The normalized spacial score (nSPS) is 11.9. The number of tetrazole rings is 1. The van der Waals surface area contributed by atoms with E-state index in [0.717, 1.165) is 11.3 Å². The highest BCUT2D eigenvalue weighted by Gasteiger charge is 2.13. The van der Waals surface area contributed by atoms with Gasteiger partial charge >= 0.3 is 0 Å². The monoisotopic (exact) mass is 261 g/mol. The van der Waals surface area contributed by atoms with Crippen LogP contribution in [0.4, 0.5) is 0 Å². The minimum absolute atomic E-state index is 0.0898. The third-order valence-electron chi connectivity index (χ3n) is 2.68. The molecule has 0 fully saturated rings. The summed E-state index contributed by atoms with van der Waals surface area (Å²) in [5.74, 6) is 0.587. The molecule has 0 saturated carbocycles. The van der Waals surface area contributed by atoms with E-state index in [0.29, 0.717) is 0 Å². The van der Waals surface area contributed by atoms with Crippen LogP contribution >= 0.6 is 0 Å². The number of nitrogens with one attached hydrogen (secondary N) is 1. The number of hydrogen-bond donors (Lipinski definition) is 1. The van der Waals surface area contributed by atoms with Gasteiger partial charge in [-0.05, 0) is 23.4 Å². The molecule has 2 aromatic rings. The van der Waals surface area contributed by atoms with E-state index in [4.69, 9.17) is 4.74 Å². The molecule has 7 heteroatoms. The molecule has 1 aromatic carbocycles. The summed E-state index contributed by atoms with van der Waals surface area (Å²) in [5, 5.41) is 13.5. The molecule has 0 aliphatic heterocycles. The first kappa shape index (κ1) is 13.0. The van der Waals surface area contributed by atoms with E-state index in [1.165, 1.54) is 11.0 Å². The zero-order valence-electron chi connectivity index (χ0n) is 10.8. The molecule has 0 radical (unpaired) electrons. The van der Waals surface area contributed by atoms with Gasteiger partial charge in [-0.3, -0.25) is 4.79 Å². The molecule has 0 aliphatic carbocycles. The van der Waals surface area contributed by atoms with Crippen LogP contribution in [0.5, 0.6) is 5.75 Å². The lowest BCUT2D eigenvalue weighted by molar-refractivity contribution is -0.122. The van der Waals surface area contributed by atoms with Crippen LogP contribution < -0.4 is 10.1 Å². The van der Waals surface area contributed by atoms with Crippen molar-refractivity contribution in [2.75, 3.05) is 7.11 Å². The van der Waals surface area contributed by atoms with Gasteiger partial charge in [0.2, 0.25) is 5.91 Å². The molecule has 1 unspecified atom stereocenters. The van der Waals surface area contributed by atoms with Crippen LogP contribution in [0.3, 0.4) is 0 Å². The Morgan fingerprint density at radius 2 is 2.26 bits per heavy atom. The van der Waals surface area contributed by atoms with Gasteiger partial charge in [-0.1, -0.05) is 18.2 Å². The molecular weight excluding hydrogens is 246 g/mol. The molecule has 19 heavy (non-hydrogen) atoms. The number of hydrogen-bond acceptors (Lipinski definition) is 5. The Labute approximate surface area is 110 Å². The second-order valence-corrected chi connectivity index (χ2v) is 4.04. The Morgan fingerprint density at radius 3 is 2.95 bits per heavy atom. The second kappa shape index (κ2) is 5.94. The fraction of sp³-hybridized carbons (Fsp3) is 0.333. The average molecular weight is 261 g/mol. The van der Waals surface area contributed by atoms with Gasteiger partial charge in [0.15, 0.2) is 0 Å². The predicted molar refractivity (Wildman–Crippen MR) is 67.4 cm³/mol. The van der Waals surface area contributed by atoms with Crippen molar-refractivity contribution in [2.24, 2.45) is 0 Å². The van der Waals surface area contributed by atoms with Crippen molar-refractivity contribution in [3.05, 3.63) is 36.2 Å². The lowest BCUT2D eigenvalue weighted by atomic mass is 10.1. The lowest BCUT2D eigenvalue weighted by Gasteiger charge is -2.17. The summed E-state index contributed by atoms with van der Waals surface area (Å²) in [7, 11) is 1.61. The summed E-state index contributed by atoms with van der Waals surface area (Å²) < 4.78 is 6.63. The lowest BCUT2D eigenvalue weighted by Crippen LogP contribution is -2.30. The number of para-hydroxylation sites is 1. The van der Waals surface area contributed by atoms with Crippen LogP contribution in [0.2, 0.25) is 0 Å². The molecule has 1 aromatic heterocycles. The SMILES string of the molecule is COc1ccccc1C(C)NC(=O)Cn1cnnn1. The molecule has 1 N–H and O–H groups in total. The van der Waals surface area contributed by atoms with Gasteiger partial charge in [0, 0.05) is 5.56 Å². The topological polar surface area (TPSA) is 81.9 Å². The van der Waals surface area contributed by atoms with Gasteiger partial charge in [0.25, 0.3) is 0 Å². The fourth-order valence-electron chi connectivity index (χ4n) is 1.79. The number of methoxy groups -OCH3 is 1. The van der Waals surface area contributed by atoms with Crippen molar-refractivity contribution in [3.8, 4) is 5.75 Å². The van der Waals surface area contributed by atoms with E-state index in [1.807, 2.05) is 31.2 Å². The summed E-state index contributed by atoms with van der Waals surface area (Å²) in [6.45, 7) is 1.99. The summed E-state index contributed by atoms with van der Waals surface area (Å²) in [6.07, 6.45) is 1.40. The second-order valence-electron chi connectivity index (χ2n) is 4.04. The van der Waals surface area contributed by atoms with Crippen molar-refractivity contribution >= 4 is 5.91 Å². The maximum absolute atomic E-state index is 11.8. The van der Waals surface area contributed by atoms with Gasteiger partial charge < -0.3 is 10.1 Å². The highest BCUT2D eigenvalue weighted by Crippen LogP contribution is 2.24. The van der Waals surface area contributed by atoms with E-state index >= 15 is 0 Å². The highest BCUT2D eigenvalue weighted by atomic mass is 16.5. The minimum atomic E-state index is -0.161. The molecule has 0 spiro atoms. The third-order valence-corrected chi connectivity index (χ3v) is 2.68. The number of amides is 1. The summed E-state index contributed by atoms with van der Waals surface area (Å²) in [6, 6.07) is 7.42. The quantitative estimate of drug-likeness (QED) is 0.850. The summed E-state index contributed by atoms with van der Waals surface area (Å²) in [5.41, 5.74) is 0.926. The number of ether oxygens (including phenoxy) is 1. The van der Waals surface area contributed by atoms with E-state index in [1.54, 1.807) is 7.11 Å². The third kappa shape index (κ3) is 3.27.